The van der Waals surface area contributed by atoms with E-state index in [9.17, 15) is 18.0 Å². The highest BCUT2D eigenvalue weighted by molar-refractivity contribution is 7.89. The zero-order chi connectivity index (χ0) is 25.8. The molecule has 3 rings (SSSR count). The number of amides is 1. The Morgan fingerprint density at radius 1 is 1.03 bits per heavy atom. The van der Waals surface area contributed by atoms with Gasteiger partial charge in [-0.2, -0.15) is 4.31 Å². The lowest BCUT2D eigenvalue weighted by atomic mass is 10.0. The average Bonchev–Trinajstić information content (AvgIpc) is 2.84. The number of carbonyl (C=O) groups is 2. The Morgan fingerprint density at radius 2 is 1.71 bits per heavy atom. The van der Waals surface area contributed by atoms with Gasteiger partial charge in [-0.3, -0.25) is 9.59 Å². The van der Waals surface area contributed by atoms with Crippen LogP contribution in [-0.4, -0.2) is 45.1 Å². The van der Waals surface area contributed by atoms with Crippen LogP contribution in [0.3, 0.4) is 0 Å². The van der Waals surface area contributed by atoms with Crippen LogP contribution in [0.4, 0.5) is 5.69 Å². The summed E-state index contributed by atoms with van der Waals surface area (Å²) < 4.78 is 32.7. The van der Waals surface area contributed by atoms with Crippen LogP contribution < -0.4 is 10.1 Å². The zero-order valence-electron chi connectivity index (χ0n) is 19.9. The summed E-state index contributed by atoms with van der Waals surface area (Å²) in [5, 5.41) is 2.98. The number of nitrogens with zero attached hydrogens (tertiary/aromatic N) is 1. The molecule has 1 amide bonds. The molecule has 0 aromatic heterocycles. The molecule has 0 atom stereocenters. The molecular weight excluding hydrogens is 488 g/mol. The van der Waals surface area contributed by atoms with Gasteiger partial charge in [0.15, 0.2) is 5.78 Å². The molecule has 0 saturated heterocycles. The summed E-state index contributed by atoms with van der Waals surface area (Å²) in [6.07, 6.45) is 0. The molecule has 0 radical (unpaired) electrons. The first-order chi connectivity index (χ1) is 16.5. The summed E-state index contributed by atoms with van der Waals surface area (Å²) in [7, 11) is -1.34. The van der Waals surface area contributed by atoms with Gasteiger partial charge >= 0.3 is 0 Å². The summed E-state index contributed by atoms with van der Waals surface area (Å²) in [6, 6.07) is 18.1. The normalized spacial score (nSPS) is 11.5. The van der Waals surface area contributed by atoms with Gasteiger partial charge in [0, 0.05) is 23.2 Å². The molecule has 9 heteroatoms. The number of anilines is 1. The van der Waals surface area contributed by atoms with E-state index in [-0.39, 0.29) is 33.6 Å². The maximum Gasteiger partial charge on any atom is 0.246 e. The first-order valence-electron chi connectivity index (χ1n) is 10.9. The highest BCUT2D eigenvalue weighted by atomic mass is 35.5. The molecule has 0 heterocycles. The number of methoxy groups -OCH3 is 1. The van der Waals surface area contributed by atoms with E-state index in [1.54, 1.807) is 54.6 Å². The minimum atomic E-state index is -4.04. The molecule has 35 heavy (non-hydrogen) atoms. The molecule has 1 N–H and O–H groups in total. The minimum absolute atomic E-state index is 0.0204. The van der Waals surface area contributed by atoms with E-state index in [1.165, 1.54) is 26.3 Å². The number of likely N-dealkylation sites (N-methyl/N-ethyl adjacent to an activating group) is 1. The van der Waals surface area contributed by atoms with E-state index in [4.69, 9.17) is 16.3 Å². The highest BCUT2D eigenvalue weighted by Gasteiger charge is 2.28. The number of sulfonamides is 1. The molecule has 0 aliphatic heterocycles. The fourth-order valence-electron chi connectivity index (χ4n) is 3.46. The lowest BCUT2D eigenvalue weighted by Gasteiger charge is -2.20. The fourth-order valence-corrected chi connectivity index (χ4v) is 4.94. The van der Waals surface area contributed by atoms with Crippen LogP contribution in [0.2, 0.25) is 5.02 Å². The van der Waals surface area contributed by atoms with E-state index in [1.807, 2.05) is 13.8 Å². The van der Waals surface area contributed by atoms with Crippen LogP contribution in [0, 0.1) is 0 Å². The number of hydrogen-bond acceptors (Lipinski definition) is 5. The molecule has 0 spiro atoms. The monoisotopic (exact) mass is 514 g/mol. The smallest absolute Gasteiger partial charge is 0.246 e. The van der Waals surface area contributed by atoms with Crippen molar-refractivity contribution in [3.05, 3.63) is 88.4 Å². The molecule has 0 aliphatic carbocycles. The van der Waals surface area contributed by atoms with Crippen LogP contribution in [0.15, 0.2) is 71.6 Å². The van der Waals surface area contributed by atoms with Crippen molar-refractivity contribution in [1.29, 1.82) is 0 Å². The first kappa shape index (κ1) is 26.4. The number of ketones is 1. The van der Waals surface area contributed by atoms with Crippen molar-refractivity contribution >= 4 is 39.0 Å². The number of benzene rings is 3. The summed E-state index contributed by atoms with van der Waals surface area (Å²) in [5.41, 5.74) is 1.70. The third kappa shape index (κ3) is 6.08. The SMILES string of the molecule is COc1ccc(C(C)C)cc1S(=O)(=O)N(C)CC(=O)Nc1ccc(Cl)cc1C(=O)c1ccccc1. The van der Waals surface area contributed by atoms with Gasteiger partial charge in [-0.1, -0.05) is 61.8 Å². The zero-order valence-corrected chi connectivity index (χ0v) is 21.5. The van der Waals surface area contributed by atoms with Crippen molar-refractivity contribution in [2.24, 2.45) is 0 Å². The Labute approximate surface area is 210 Å². The second-order valence-corrected chi connectivity index (χ2v) is 10.7. The fraction of sp³-hybridized carbons (Fsp3) is 0.231. The van der Waals surface area contributed by atoms with Crippen molar-refractivity contribution in [3.63, 3.8) is 0 Å². The third-order valence-electron chi connectivity index (χ3n) is 5.45. The second kappa shape index (κ2) is 11.0. The first-order valence-corrected chi connectivity index (χ1v) is 12.7. The Morgan fingerprint density at radius 3 is 2.34 bits per heavy atom. The van der Waals surface area contributed by atoms with Gasteiger partial charge in [0.2, 0.25) is 15.9 Å². The Hall–Kier alpha value is -3.20. The lowest BCUT2D eigenvalue weighted by molar-refractivity contribution is -0.116. The predicted octanol–water partition coefficient (Wildman–Crippen LogP) is 4.96. The maximum atomic E-state index is 13.3. The van der Waals surface area contributed by atoms with E-state index in [0.717, 1.165) is 9.87 Å². The van der Waals surface area contributed by atoms with E-state index in [2.05, 4.69) is 5.32 Å². The number of carbonyl (C=O) groups excluding carboxylic acids is 2. The molecule has 3 aromatic rings. The van der Waals surface area contributed by atoms with Crippen LogP contribution in [0.25, 0.3) is 0 Å². The van der Waals surface area contributed by atoms with Crippen molar-refractivity contribution < 1.29 is 22.7 Å². The largest absolute Gasteiger partial charge is 0.495 e. The predicted molar refractivity (Wildman–Crippen MR) is 137 cm³/mol. The summed E-state index contributed by atoms with van der Waals surface area (Å²) in [5.74, 6) is -0.636. The lowest BCUT2D eigenvalue weighted by Crippen LogP contribution is -2.35. The average molecular weight is 515 g/mol. The minimum Gasteiger partial charge on any atom is -0.495 e. The van der Waals surface area contributed by atoms with Crippen molar-refractivity contribution in [2.75, 3.05) is 26.0 Å². The van der Waals surface area contributed by atoms with Crippen LogP contribution in [0.1, 0.15) is 41.3 Å². The van der Waals surface area contributed by atoms with Crippen LogP contribution in [-0.2, 0) is 14.8 Å². The number of halogens is 1. The number of ether oxygens (including phenoxy) is 1. The summed E-state index contributed by atoms with van der Waals surface area (Å²) in [4.78, 5) is 25.8. The van der Waals surface area contributed by atoms with Crippen LogP contribution in [0.5, 0.6) is 5.75 Å². The molecule has 0 unspecified atom stereocenters. The van der Waals surface area contributed by atoms with Gasteiger partial charge in [-0.25, -0.2) is 8.42 Å². The van der Waals surface area contributed by atoms with Crippen molar-refractivity contribution in [1.82, 2.24) is 4.31 Å². The Kier molecular flexibility index (Phi) is 8.32. The maximum absolute atomic E-state index is 13.3. The van der Waals surface area contributed by atoms with E-state index < -0.39 is 22.5 Å². The number of hydrogen-bond donors (Lipinski definition) is 1. The summed E-state index contributed by atoms with van der Waals surface area (Å²) in [6.45, 7) is 3.44. The van der Waals surface area contributed by atoms with Gasteiger partial charge in [0.05, 0.1) is 19.3 Å². The molecule has 0 fully saturated rings. The second-order valence-electron chi connectivity index (χ2n) is 8.26. The molecule has 7 nitrogen and oxygen atoms in total. The molecular formula is C26H27ClN2O5S. The molecule has 3 aromatic carbocycles. The van der Waals surface area contributed by atoms with Crippen molar-refractivity contribution in [3.8, 4) is 5.75 Å². The van der Waals surface area contributed by atoms with E-state index in [0.29, 0.717) is 10.6 Å². The van der Waals surface area contributed by atoms with E-state index >= 15 is 0 Å². The molecule has 0 bridgehead atoms. The quantitative estimate of drug-likeness (QED) is 0.407. The van der Waals surface area contributed by atoms with Gasteiger partial charge in [-0.05, 0) is 41.8 Å². The van der Waals surface area contributed by atoms with Crippen molar-refractivity contribution in [2.45, 2.75) is 24.7 Å². The van der Waals surface area contributed by atoms with Gasteiger partial charge in [0.25, 0.3) is 0 Å². The Bertz CT molecular complexity index is 1340. The van der Waals surface area contributed by atoms with Gasteiger partial charge < -0.3 is 10.1 Å². The third-order valence-corrected chi connectivity index (χ3v) is 7.50. The topological polar surface area (TPSA) is 92.8 Å². The molecule has 0 aliphatic rings. The molecule has 0 saturated carbocycles. The molecule has 184 valence electrons. The van der Waals surface area contributed by atoms with Gasteiger partial charge in [0.1, 0.15) is 10.6 Å². The standard InChI is InChI=1S/C26H27ClN2O5S/c1-17(2)19-10-13-23(34-4)24(14-19)35(32,33)29(3)16-25(30)28-22-12-11-20(27)15-21(22)26(31)18-8-6-5-7-9-18/h5-15,17H,16H2,1-4H3,(H,28,30). The number of nitrogens with one attached hydrogen (secondary N) is 1. The Balaban J connectivity index is 1.84. The highest BCUT2D eigenvalue weighted by Crippen LogP contribution is 2.30. The summed E-state index contributed by atoms with van der Waals surface area (Å²) >= 11 is 6.10. The van der Waals surface area contributed by atoms with Gasteiger partial charge in [-0.15, -0.1) is 0 Å². The van der Waals surface area contributed by atoms with Crippen LogP contribution >= 0.6 is 11.6 Å². The number of rotatable bonds is 9.